The van der Waals surface area contributed by atoms with Crippen LogP contribution in [0.1, 0.15) is 39.5 Å². The molecule has 0 rings (SSSR count). The summed E-state index contributed by atoms with van der Waals surface area (Å²) in [6.45, 7) is 5.38. The Balaban J connectivity index is 0. The van der Waals surface area contributed by atoms with Crippen molar-refractivity contribution in [3.05, 3.63) is 0 Å². The molecule has 3 N–H and O–H groups in total. The molecule has 0 aliphatic heterocycles. The zero-order valence-electron chi connectivity index (χ0n) is 12.5. The van der Waals surface area contributed by atoms with Gasteiger partial charge in [-0.3, -0.25) is 14.1 Å². The summed E-state index contributed by atoms with van der Waals surface area (Å²) in [6.07, 6.45) is 2.54. The van der Waals surface area contributed by atoms with Gasteiger partial charge in [-0.1, -0.05) is 0 Å². The second-order valence-electron chi connectivity index (χ2n) is 4.38. The first kappa shape index (κ1) is 23.7. The summed E-state index contributed by atoms with van der Waals surface area (Å²) in [5.74, 6) is -3.50. The minimum atomic E-state index is -4.84. The number of aliphatic carboxylic acids is 2. The Kier molecular flexibility index (Phi) is 14.6. The molecule has 0 aliphatic rings. The third-order valence-corrected chi connectivity index (χ3v) is 5.35. The summed E-state index contributed by atoms with van der Waals surface area (Å²) in [5.41, 5.74) is 0. The monoisotopic (exact) mass is 352 g/mol. The van der Waals surface area contributed by atoms with E-state index in [1.54, 1.807) is 0 Å². The number of unbranched alkanes of at least 4 members (excludes halogenated alkanes) is 1. The molecule has 0 spiro atoms. The van der Waals surface area contributed by atoms with E-state index >= 15 is 0 Å². The Hall–Kier alpha value is 0.446. The Morgan fingerprint density at radius 2 is 1.76 bits per heavy atom. The van der Waals surface area contributed by atoms with Crippen LogP contribution in [0.25, 0.3) is 0 Å². The van der Waals surface area contributed by atoms with E-state index < -0.39 is 33.7 Å². The number of carboxylic acid groups (broad SMARTS) is 2. The summed E-state index contributed by atoms with van der Waals surface area (Å²) < 4.78 is 34.8. The quantitative estimate of drug-likeness (QED) is 0.310. The van der Waals surface area contributed by atoms with Gasteiger partial charge in [0.25, 0.3) is 10.1 Å². The summed E-state index contributed by atoms with van der Waals surface area (Å²) >= 11 is 0.857. The largest absolute Gasteiger partial charge is 0.481 e. The molecule has 8 nitrogen and oxygen atoms in total. The van der Waals surface area contributed by atoms with Crippen LogP contribution >= 0.6 is 0 Å². The molecule has 0 aromatic carbocycles. The molecule has 0 amide bonds. The van der Waals surface area contributed by atoms with Crippen LogP contribution in [0.4, 0.5) is 0 Å². The molecular weight excluding hydrogens is 331 g/mol. The summed E-state index contributed by atoms with van der Waals surface area (Å²) in [5, 5.41) is 13.9. The van der Waals surface area contributed by atoms with Crippen molar-refractivity contribution >= 4 is 71.0 Å². The van der Waals surface area contributed by atoms with E-state index in [9.17, 15) is 18.0 Å². The van der Waals surface area contributed by atoms with Crippen LogP contribution < -0.4 is 0 Å². The minimum absolute atomic E-state index is 0.643. The molecular formula is C11H21KO8S. The fourth-order valence-electron chi connectivity index (χ4n) is 1.03. The topological polar surface area (TPSA) is 138 Å². The van der Waals surface area contributed by atoms with E-state index in [0.717, 1.165) is 55.6 Å². The third kappa shape index (κ3) is 15.1. The van der Waals surface area contributed by atoms with Gasteiger partial charge in [-0.25, -0.2) is 0 Å². The molecule has 0 fully saturated rings. The molecule has 0 heterocycles. The zero-order chi connectivity index (χ0) is 17.1. The van der Waals surface area contributed by atoms with Crippen molar-refractivity contribution in [2.45, 2.75) is 45.0 Å². The molecule has 0 bridgehead atoms. The van der Waals surface area contributed by atoms with Gasteiger partial charge in [-0.2, -0.15) is 8.42 Å². The minimum Gasteiger partial charge on any atom is -0.481 e. The molecule has 0 radical (unpaired) electrons. The van der Waals surface area contributed by atoms with Gasteiger partial charge < -0.3 is 10.2 Å². The Bertz CT molecular complexity index is 408. The fraction of sp³-hybridized carbons (Fsp3) is 0.818. The molecule has 0 aliphatic carbocycles. The van der Waals surface area contributed by atoms with Crippen molar-refractivity contribution in [1.82, 2.24) is 0 Å². The van der Waals surface area contributed by atoms with Gasteiger partial charge in [0.15, 0.2) is 5.25 Å². The third-order valence-electron chi connectivity index (χ3n) is 2.47. The molecule has 0 aromatic rings. The van der Waals surface area contributed by atoms with Gasteiger partial charge >= 0.3 is 106 Å². The molecule has 0 saturated heterocycles. The van der Waals surface area contributed by atoms with Crippen molar-refractivity contribution in [2.24, 2.45) is 0 Å². The van der Waals surface area contributed by atoms with Crippen molar-refractivity contribution in [1.29, 1.82) is 0 Å². The first-order chi connectivity index (χ1) is 9.56. The van der Waals surface area contributed by atoms with Crippen LogP contribution in [0.2, 0.25) is 0 Å². The smallest absolute Gasteiger partial charge is 0.325 e. The van der Waals surface area contributed by atoms with Gasteiger partial charge in [0, 0.05) is 0 Å². The zero-order valence-corrected chi connectivity index (χ0v) is 16.4. The molecule has 10 heteroatoms. The van der Waals surface area contributed by atoms with Gasteiger partial charge in [0.1, 0.15) is 0 Å². The number of hydrogen-bond donors (Lipinski definition) is 3. The van der Waals surface area contributed by atoms with E-state index in [0.29, 0.717) is 0.199 Å². The van der Waals surface area contributed by atoms with Gasteiger partial charge in [-0.15, -0.1) is 0 Å². The predicted molar refractivity (Wildman–Crippen MR) is 75.9 cm³/mol. The Morgan fingerprint density at radius 3 is 2.00 bits per heavy atom. The van der Waals surface area contributed by atoms with Crippen molar-refractivity contribution < 1.29 is 37.5 Å². The molecule has 21 heavy (non-hydrogen) atoms. The van der Waals surface area contributed by atoms with Crippen molar-refractivity contribution in [3.8, 4) is 0 Å². The van der Waals surface area contributed by atoms with Crippen LogP contribution in [0.15, 0.2) is 0 Å². The Morgan fingerprint density at radius 1 is 1.24 bits per heavy atom. The first-order valence-corrected chi connectivity index (χ1v) is 9.89. The van der Waals surface area contributed by atoms with E-state index in [-0.39, 0.29) is 0 Å². The molecule has 120 valence electrons. The van der Waals surface area contributed by atoms with Crippen LogP contribution in [-0.2, 0) is 24.4 Å². The second kappa shape index (κ2) is 12.9. The van der Waals surface area contributed by atoms with Crippen molar-refractivity contribution in [3.63, 3.8) is 0 Å². The first-order valence-electron chi connectivity index (χ1n) is 6.58. The van der Waals surface area contributed by atoms with Gasteiger partial charge in [-0.05, 0) is 0 Å². The van der Waals surface area contributed by atoms with Gasteiger partial charge in [0.2, 0.25) is 0 Å². The van der Waals surface area contributed by atoms with E-state index in [4.69, 9.17) is 19.5 Å². The Labute approximate surface area is 158 Å². The maximum atomic E-state index is 10.2. The summed E-state index contributed by atoms with van der Waals surface area (Å²) in [4.78, 5) is 20.0. The standard InChI is InChI=1S/C7H15O.C4H6O7S.K/c1-3-5-7-8-6-4-2;5-3(6)1-2(4(7)8)12(9,10)11;/h6H,3-5,7H2,1-2H3;2H,1H2,(H,5,6)(H,7,8)(H,9,10,11);. The molecule has 0 aromatic heterocycles. The average molecular weight is 352 g/mol. The maximum Gasteiger partial charge on any atom is 0.325 e. The summed E-state index contributed by atoms with van der Waals surface area (Å²) in [7, 11) is -4.84. The number of ether oxygens (including phenoxy) is 1. The van der Waals surface area contributed by atoms with Crippen LogP contribution in [0.3, 0.4) is 0 Å². The predicted octanol–water partition coefficient (Wildman–Crippen LogP) is 0.510. The second-order valence-corrected chi connectivity index (χ2v) is 7.99. The average Bonchev–Trinajstić information content (AvgIpc) is 2.35. The van der Waals surface area contributed by atoms with Crippen LogP contribution in [0.5, 0.6) is 0 Å². The SMILES string of the molecule is CCCCO[CH]([K])CC.O=C(O)CC(C(=O)O)S(=O)(=O)O. The number of carboxylic acids is 2. The molecule has 2 unspecified atom stereocenters. The number of rotatable bonds is 9. The fourth-order valence-corrected chi connectivity index (χ4v) is 2.00. The number of hydrogen-bond acceptors (Lipinski definition) is 5. The van der Waals surface area contributed by atoms with Crippen LogP contribution in [0, 0.1) is 0 Å². The van der Waals surface area contributed by atoms with Gasteiger partial charge in [0.05, 0.1) is 6.42 Å². The van der Waals surface area contributed by atoms with Crippen molar-refractivity contribution in [2.75, 3.05) is 6.61 Å². The summed E-state index contributed by atoms with van der Waals surface area (Å²) in [6, 6.07) is 0. The van der Waals surface area contributed by atoms with E-state index in [1.807, 2.05) is 0 Å². The number of carbonyl (C=O) groups is 2. The molecule has 2 atom stereocenters. The normalized spacial score (nSPS) is 13.8. The van der Waals surface area contributed by atoms with Crippen LogP contribution in [-0.4, -0.2) is 96.1 Å². The maximum absolute atomic E-state index is 10.2. The van der Waals surface area contributed by atoms with E-state index in [2.05, 4.69) is 13.8 Å². The molecule has 0 saturated carbocycles. The van der Waals surface area contributed by atoms with E-state index in [1.165, 1.54) is 19.3 Å².